The standard InChI is InChI=1S/C20H14Cl2O6/c1-25-11-7-3-5-9-13(11)27-19-15(21)18(24)20(16(22)17(19)23)28-14-10-6-4-8-12(14)26-2/h3-10H,1-2H3. The smallest absolute Gasteiger partial charge is 0.245 e. The van der Waals surface area contributed by atoms with Crippen LogP contribution in [0.2, 0.25) is 0 Å². The lowest BCUT2D eigenvalue weighted by atomic mass is 10.1. The van der Waals surface area contributed by atoms with Gasteiger partial charge in [-0.15, -0.1) is 0 Å². The molecule has 0 fully saturated rings. The zero-order valence-corrected chi connectivity index (χ0v) is 16.3. The van der Waals surface area contributed by atoms with Crippen molar-refractivity contribution in [3.8, 4) is 23.0 Å². The van der Waals surface area contributed by atoms with Gasteiger partial charge in [-0.1, -0.05) is 47.5 Å². The van der Waals surface area contributed by atoms with Gasteiger partial charge in [-0.05, 0) is 24.3 Å². The predicted molar refractivity (Wildman–Crippen MR) is 103 cm³/mol. The molecule has 0 N–H and O–H groups in total. The van der Waals surface area contributed by atoms with Gasteiger partial charge < -0.3 is 18.9 Å². The Labute approximate surface area is 170 Å². The molecule has 0 saturated carbocycles. The fraction of sp³-hybridized carbons (Fsp3) is 0.100. The SMILES string of the molecule is COc1ccccc1OC1=C(Cl)C(=O)C(Oc2ccccc2OC)=C(Cl)C1=O. The molecule has 0 aromatic heterocycles. The predicted octanol–water partition coefficient (Wildman–Crippen LogP) is 4.21. The largest absolute Gasteiger partial charge is 0.493 e. The van der Waals surface area contributed by atoms with E-state index >= 15 is 0 Å². The Morgan fingerprint density at radius 3 is 1.25 bits per heavy atom. The molecule has 144 valence electrons. The van der Waals surface area contributed by atoms with Gasteiger partial charge in [-0.25, -0.2) is 0 Å². The summed E-state index contributed by atoms with van der Waals surface area (Å²) in [4.78, 5) is 25.4. The van der Waals surface area contributed by atoms with Gasteiger partial charge in [0.2, 0.25) is 11.6 Å². The molecule has 0 atom stereocenters. The van der Waals surface area contributed by atoms with E-state index < -0.39 is 33.1 Å². The summed E-state index contributed by atoms with van der Waals surface area (Å²) in [5, 5.41) is -0.907. The lowest BCUT2D eigenvalue weighted by Gasteiger charge is -2.19. The number of Topliss-reactive ketones (excluding diaryl/α,β-unsaturated/α-hetero) is 2. The summed E-state index contributed by atoms with van der Waals surface area (Å²) in [6.45, 7) is 0. The van der Waals surface area contributed by atoms with E-state index in [2.05, 4.69) is 0 Å². The average Bonchev–Trinajstić information content (AvgIpc) is 2.73. The molecule has 1 aliphatic carbocycles. The summed E-state index contributed by atoms with van der Waals surface area (Å²) in [7, 11) is 2.89. The number of carbonyl (C=O) groups excluding carboxylic acids is 2. The number of allylic oxidation sites excluding steroid dienone is 2. The van der Waals surface area contributed by atoms with Gasteiger partial charge in [-0.3, -0.25) is 9.59 Å². The van der Waals surface area contributed by atoms with E-state index in [1.54, 1.807) is 48.5 Å². The van der Waals surface area contributed by atoms with Crippen LogP contribution in [0.25, 0.3) is 0 Å². The summed E-state index contributed by atoms with van der Waals surface area (Å²) >= 11 is 12.2. The van der Waals surface area contributed by atoms with E-state index in [0.29, 0.717) is 11.5 Å². The van der Waals surface area contributed by atoms with E-state index in [1.807, 2.05) is 0 Å². The fourth-order valence-electron chi connectivity index (χ4n) is 2.41. The van der Waals surface area contributed by atoms with Gasteiger partial charge in [0.1, 0.15) is 10.1 Å². The second kappa shape index (κ2) is 8.37. The number of methoxy groups -OCH3 is 2. The van der Waals surface area contributed by atoms with E-state index in [1.165, 1.54) is 14.2 Å². The molecule has 0 saturated heterocycles. The number of hydrogen-bond donors (Lipinski definition) is 0. The van der Waals surface area contributed by atoms with Gasteiger partial charge in [0, 0.05) is 0 Å². The van der Waals surface area contributed by atoms with Crippen LogP contribution in [0, 0.1) is 0 Å². The van der Waals surface area contributed by atoms with Crippen LogP contribution in [0.4, 0.5) is 0 Å². The Hall–Kier alpha value is -2.96. The van der Waals surface area contributed by atoms with Crippen molar-refractivity contribution in [3.05, 3.63) is 70.1 Å². The first-order valence-corrected chi connectivity index (χ1v) is 8.74. The van der Waals surface area contributed by atoms with Crippen LogP contribution in [0.15, 0.2) is 70.1 Å². The van der Waals surface area contributed by atoms with Crippen LogP contribution in [0.5, 0.6) is 23.0 Å². The Bertz CT molecular complexity index is 928. The summed E-state index contributed by atoms with van der Waals surface area (Å²) in [5.74, 6) is -1.27. The lowest BCUT2D eigenvalue weighted by molar-refractivity contribution is -0.118. The monoisotopic (exact) mass is 420 g/mol. The summed E-state index contributed by atoms with van der Waals surface area (Å²) in [6, 6.07) is 13.2. The highest BCUT2D eigenvalue weighted by atomic mass is 35.5. The number of ketones is 2. The maximum atomic E-state index is 12.7. The van der Waals surface area contributed by atoms with Crippen LogP contribution in [0.3, 0.4) is 0 Å². The van der Waals surface area contributed by atoms with Gasteiger partial charge in [0.05, 0.1) is 14.2 Å². The molecule has 0 heterocycles. The second-order valence-corrected chi connectivity index (χ2v) is 6.21. The van der Waals surface area contributed by atoms with Crippen molar-refractivity contribution in [2.24, 2.45) is 0 Å². The Morgan fingerprint density at radius 1 is 0.607 bits per heavy atom. The third-order valence-electron chi connectivity index (χ3n) is 3.77. The molecule has 2 aromatic rings. The van der Waals surface area contributed by atoms with Crippen LogP contribution in [-0.2, 0) is 9.59 Å². The third-order valence-corrected chi connectivity index (χ3v) is 4.46. The highest BCUT2D eigenvalue weighted by Crippen LogP contribution is 2.36. The van der Waals surface area contributed by atoms with Gasteiger partial charge in [0.15, 0.2) is 34.5 Å². The summed E-state index contributed by atoms with van der Waals surface area (Å²) in [6.07, 6.45) is 0. The number of carbonyl (C=O) groups is 2. The van der Waals surface area contributed by atoms with E-state index in [-0.39, 0.29) is 11.5 Å². The van der Waals surface area contributed by atoms with Gasteiger partial charge in [-0.2, -0.15) is 0 Å². The van der Waals surface area contributed by atoms with Crippen molar-refractivity contribution in [2.45, 2.75) is 0 Å². The van der Waals surface area contributed by atoms with Gasteiger partial charge in [0.25, 0.3) is 0 Å². The number of rotatable bonds is 6. The quantitative estimate of drug-likeness (QED) is 0.651. The minimum absolute atomic E-state index is 0.206. The Kier molecular flexibility index (Phi) is 5.92. The van der Waals surface area contributed by atoms with Crippen molar-refractivity contribution in [3.63, 3.8) is 0 Å². The topological polar surface area (TPSA) is 71.1 Å². The van der Waals surface area contributed by atoms with Crippen molar-refractivity contribution in [2.75, 3.05) is 14.2 Å². The first-order chi connectivity index (χ1) is 13.5. The molecule has 3 rings (SSSR count). The molecular weight excluding hydrogens is 407 g/mol. The average molecular weight is 421 g/mol. The van der Waals surface area contributed by atoms with E-state index in [9.17, 15) is 9.59 Å². The Morgan fingerprint density at radius 2 is 0.929 bits per heavy atom. The number of ether oxygens (including phenoxy) is 4. The molecule has 1 aliphatic rings. The maximum Gasteiger partial charge on any atom is 0.245 e. The fourth-order valence-corrected chi connectivity index (χ4v) is 2.83. The molecule has 8 heteroatoms. The maximum absolute atomic E-state index is 12.7. The molecule has 0 amide bonds. The van der Waals surface area contributed by atoms with Crippen LogP contribution in [-0.4, -0.2) is 25.8 Å². The van der Waals surface area contributed by atoms with Crippen LogP contribution >= 0.6 is 23.2 Å². The lowest BCUT2D eigenvalue weighted by Crippen LogP contribution is -2.25. The number of para-hydroxylation sites is 4. The van der Waals surface area contributed by atoms with Crippen LogP contribution < -0.4 is 18.9 Å². The van der Waals surface area contributed by atoms with Crippen molar-refractivity contribution in [1.29, 1.82) is 0 Å². The minimum atomic E-state index is -0.790. The first kappa shape index (κ1) is 19.8. The molecule has 0 spiro atoms. The third kappa shape index (κ3) is 3.69. The number of benzene rings is 2. The van der Waals surface area contributed by atoms with Crippen molar-refractivity contribution < 1.29 is 28.5 Å². The minimum Gasteiger partial charge on any atom is -0.493 e. The Balaban J connectivity index is 1.94. The number of halogens is 2. The normalized spacial score (nSPS) is 14.3. The number of hydrogen-bond acceptors (Lipinski definition) is 6. The molecule has 0 bridgehead atoms. The van der Waals surface area contributed by atoms with Crippen molar-refractivity contribution >= 4 is 34.8 Å². The van der Waals surface area contributed by atoms with Gasteiger partial charge >= 0.3 is 0 Å². The van der Waals surface area contributed by atoms with E-state index in [4.69, 9.17) is 42.1 Å². The highest BCUT2D eigenvalue weighted by molar-refractivity contribution is 6.55. The molecule has 0 unspecified atom stereocenters. The molecular formula is C20H14Cl2O6. The summed E-state index contributed by atoms with van der Waals surface area (Å²) < 4.78 is 21.4. The van der Waals surface area contributed by atoms with Crippen LogP contribution in [0.1, 0.15) is 0 Å². The zero-order chi connectivity index (χ0) is 20.3. The highest BCUT2D eigenvalue weighted by Gasteiger charge is 2.37. The second-order valence-electron chi connectivity index (χ2n) is 5.45. The van der Waals surface area contributed by atoms with Crippen molar-refractivity contribution in [1.82, 2.24) is 0 Å². The van der Waals surface area contributed by atoms with E-state index in [0.717, 1.165) is 0 Å². The zero-order valence-electron chi connectivity index (χ0n) is 14.8. The molecule has 28 heavy (non-hydrogen) atoms. The molecule has 6 nitrogen and oxygen atoms in total. The summed E-state index contributed by atoms with van der Waals surface area (Å²) in [5.41, 5.74) is 0. The molecule has 0 radical (unpaired) electrons. The first-order valence-electron chi connectivity index (χ1n) is 7.98. The molecule has 0 aliphatic heterocycles. The molecule has 2 aromatic carbocycles.